The van der Waals surface area contributed by atoms with Crippen LogP contribution in [0.15, 0.2) is 51.7 Å². The van der Waals surface area contributed by atoms with Gasteiger partial charge >= 0.3 is 0 Å². The molecule has 116 valence electrons. The molecule has 0 radical (unpaired) electrons. The van der Waals surface area contributed by atoms with Crippen molar-refractivity contribution in [1.82, 2.24) is 15.1 Å². The van der Waals surface area contributed by atoms with Gasteiger partial charge < -0.3 is 15.2 Å². The minimum Gasteiger partial charge on any atom is -0.360 e. The summed E-state index contributed by atoms with van der Waals surface area (Å²) in [7, 11) is 0. The van der Waals surface area contributed by atoms with Crippen molar-refractivity contribution in [3.8, 4) is 0 Å². The number of halogens is 1. The summed E-state index contributed by atoms with van der Waals surface area (Å²) in [5.41, 5.74) is 1.07. The minimum absolute atomic E-state index is 0.222. The van der Waals surface area contributed by atoms with Crippen LogP contribution < -0.4 is 10.6 Å². The number of aromatic nitrogens is 3. The highest BCUT2D eigenvalue weighted by molar-refractivity contribution is 9.10. The van der Waals surface area contributed by atoms with Crippen molar-refractivity contribution in [1.29, 1.82) is 0 Å². The zero-order valence-electron chi connectivity index (χ0n) is 12.1. The molecule has 0 aliphatic carbocycles. The number of nitrogens with zero attached hydrogens (tertiary/aromatic N) is 3. The predicted molar refractivity (Wildman–Crippen MR) is 88.6 cm³/mol. The predicted octanol–water partition coefficient (Wildman–Crippen LogP) is 3.53. The Hall–Kier alpha value is -2.74. The highest BCUT2D eigenvalue weighted by Gasteiger charge is 2.11. The van der Waals surface area contributed by atoms with Crippen LogP contribution in [-0.2, 0) is 0 Å². The zero-order chi connectivity index (χ0) is 16.2. The van der Waals surface area contributed by atoms with Gasteiger partial charge in [-0.3, -0.25) is 4.79 Å². The van der Waals surface area contributed by atoms with Gasteiger partial charge in [0.05, 0.1) is 0 Å². The molecule has 3 aromatic rings. The molecule has 3 rings (SSSR count). The number of benzene rings is 1. The quantitative estimate of drug-likeness (QED) is 0.726. The first kappa shape index (κ1) is 15.2. The molecular formula is C15H12BrN5O2. The fourth-order valence-electron chi connectivity index (χ4n) is 1.84. The Bertz CT molecular complexity index is 832. The third kappa shape index (κ3) is 3.92. The van der Waals surface area contributed by atoms with Crippen LogP contribution in [-0.4, -0.2) is 21.0 Å². The Morgan fingerprint density at radius 2 is 1.91 bits per heavy atom. The van der Waals surface area contributed by atoms with Gasteiger partial charge in [0, 0.05) is 22.3 Å². The second-order valence-electron chi connectivity index (χ2n) is 4.70. The van der Waals surface area contributed by atoms with Crippen LogP contribution in [0.5, 0.6) is 0 Å². The molecular weight excluding hydrogens is 362 g/mol. The summed E-state index contributed by atoms with van der Waals surface area (Å²) >= 11 is 3.37. The molecule has 1 amide bonds. The van der Waals surface area contributed by atoms with E-state index in [1.807, 2.05) is 24.3 Å². The number of carbonyl (C=O) groups excluding carboxylic acids is 1. The van der Waals surface area contributed by atoms with Crippen LogP contribution in [0.25, 0.3) is 0 Å². The van der Waals surface area contributed by atoms with Gasteiger partial charge in [-0.1, -0.05) is 21.1 Å². The van der Waals surface area contributed by atoms with Gasteiger partial charge in [0.25, 0.3) is 5.91 Å². The molecule has 2 N–H and O–H groups in total. The highest BCUT2D eigenvalue weighted by atomic mass is 79.9. The maximum absolute atomic E-state index is 12.2. The number of rotatable bonds is 4. The molecule has 2 aromatic heterocycles. The van der Waals surface area contributed by atoms with Crippen LogP contribution in [0.3, 0.4) is 0 Å². The van der Waals surface area contributed by atoms with E-state index >= 15 is 0 Å². The lowest BCUT2D eigenvalue weighted by Gasteiger charge is -2.06. The number of hydrogen-bond acceptors (Lipinski definition) is 6. The third-order valence-electron chi connectivity index (χ3n) is 2.89. The number of aryl methyl sites for hydroxylation is 1. The smallest absolute Gasteiger partial charge is 0.275 e. The number of carbonyl (C=O) groups is 1. The summed E-state index contributed by atoms with van der Waals surface area (Å²) in [5, 5.41) is 9.43. The van der Waals surface area contributed by atoms with Crippen LogP contribution in [0.4, 0.5) is 17.3 Å². The Morgan fingerprint density at radius 1 is 1.13 bits per heavy atom. The van der Waals surface area contributed by atoms with E-state index in [4.69, 9.17) is 4.52 Å². The molecule has 0 fully saturated rings. The lowest BCUT2D eigenvalue weighted by Crippen LogP contribution is -2.14. The molecule has 0 atom stereocenters. The van der Waals surface area contributed by atoms with Crippen molar-refractivity contribution in [3.05, 3.63) is 58.7 Å². The Labute approximate surface area is 140 Å². The van der Waals surface area contributed by atoms with Crippen LogP contribution in [0.1, 0.15) is 16.2 Å². The summed E-state index contributed by atoms with van der Waals surface area (Å²) in [5.74, 6) is 1.08. The van der Waals surface area contributed by atoms with E-state index in [-0.39, 0.29) is 11.6 Å². The third-order valence-corrected chi connectivity index (χ3v) is 3.41. The number of nitrogens with one attached hydrogen (secondary N) is 2. The molecule has 0 spiro atoms. The van der Waals surface area contributed by atoms with E-state index in [2.05, 4.69) is 41.7 Å². The van der Waals surface area contributed by atoms with Crippen molar-refractivity contribution in [2.24, 2.45) is 0 Å². The monoisotopic (exact) mass is 373 g/mol. The summed E-state index contributed by atoms with van der Waals surface area (Å²) in [6.45, 7) is 1.74. The van der Waals surface area contributed by atoms with E-state index < -0.39 is 0 Å². The summed E-state index contributed by atoms with van der Waals surface area (Å²) < 4.78 is 5.88. The lowest BCUT2D eigenvalue weighted by molar-refractivity contribution is 0.102. The second-order valence-corrected chi connectivity index (χ2v) is 5.61. The number of hydrogen-bond donors (Lipinski definition) is 2. The standard InChI is InChI=1S/C15H12BrN5O2/c1-9-6-14(21-23-9)20-15(22)12-7-13(18-8-17-12)19-11-4-2-10(16)3-5-11/h2-8H,1H3,(H,17,18,19)(H,20,21,22). The Kier molecular flexibility index (Phi) is 4.33. The highest BCUT2D eigenvalue weighted by Crippen LogP contribution is 2.18. The van der Waals surface area contributed by atoms with Crippen molar-refractivity contribution in [2.45, 2.75) is 6.92 Å². The molecule has 0 aliphatic rings. The van der Waals surface area contributed by atoms with Crippen LogP contribution in [0.2, 0.25) is 0 Å². The molecule has 0 saturated carbocycles. The van der Waals surface area contributed by atoms with Crippen LogP contribution in [0, 0.1) is 6.92 Å². The van der Waals surface area contributed by atoms with Gasteiger partial charge in [-0.05, 0) is 31.2 Å². The largest absolute Gasteiger partial charge is 0.360 e. The Morgan fingerprint density at radius 3 is 2.61 bits per heavy atom. The molecule has 8 heteroatoms. The fraction of sp³-hybridized carbons (Fsp3) is 0.0667. The normalized spacial score (nSPS) is 10.3. The molecule has 1 aromatic carbocycles. The molecule has 0 aliphatic heterocycles. The average molecular weight is 374 g/mol. The summed E-state index contributed by atoms with van der Waals surface area (Å²) in [6.07, 6.45) is 1.32. The molecule has 0 unspecified atom stereocenters. The van der Waals surface area contributed by atoms with Crippen molar-refractivity contribution in [3.63, 3.8) is 0 Å². The van der Waals surface area contributed by atoms with Gasteiger partial charge in [-0.15, -0.1) is 0 Å². The van der Waals surface area contributed by atoms with E-state index in [9.17, 15) is 4.79 Å². The van der Waals surface area contributed by atoms with Crippen molar-refractivity contribution in [2.75, 3.05) is 10.6 Å². The van der Waals surface area contributed by atoms with Crippen molar-refractivity contribution >= 4 is 39.2 Å². The Balaban J connectivity index is 1.73. The number of anilines is 3. The van der Waals surface area contributed by atoms with Gasteiger partial charge in [0.15, 0.2) is 5.82 Å². The van der Waals surface area contributed by atoms with E-state index in [0.717, 1.165) is 10.2 Å². The maximum Gasteiger partial charge on any atom is 0.275 e. The first-order valence-electron chi connectivity index (χ1n) is 6.69. The maximum atomic E-state index is 12.2. The summed E-state index contributed by atoms with van der Waals surface area (Å²) in [4.78, 5) is 20.2. The molecule has 7 nitrogen and oxygen atoms in total. The van der Waals surface area contributed by atoms with Gasteiger partial charge in [-0.25, -0.2) is 9.97 Å². The van der Waals surface area contributed by atoms with Gasteiger partial charge in [0.2, 0.25) is 0 Å². The first-order chi connectivity index (χ1) is 11.1. The number of amides is 1. The molecule has 23 heavy (non-hydrogen) atoms. The summed E-state index contributed by atoms with van der Waals surface area (Å²) in [6, 6.07) is 10.8. The van der Waals surface area contributed by atoms with E-state index in [1.165, 1.54) is 6.33 Å². The van der Waals surface area contributed by atoms with Gasteiger partial charge in [0.1, 0.15) is 23.6 Å². The topological polar surface area (TPSA) is 92.9 Å². The first-order valence-corrected chi connectivity index (χ1v) is 7.49. The molecule has 0 saturated heterocycles. The lowest BCUT2D eigenvalue weighted by atomic mass is 10.3. The van der Waals surface area contributed by atoms with Gasteiger partial charge in [-0.2, -0.15) is 0 Å². The van der Waals surface area contributed by atoms with E-state index in [0.29, 0.717) is 17.4 Å². The second kappa shape index (κ2) is 6.57. The molecule has 2 heterocycles. The fourth-order valence-corrected chi connectivity index (χ4v) is 2.10. The minimum atomic E-state index is -0.389. The van der Waals surface area contributed by atoms with Crippen LogP contribution >= 0.6 is 15.9 Å². The van der Waals surface area contributed by atoms with E-state index in [1.54, 1.807) is 19.1 Å². The van der Waals surface area contributed by atoms with Crippen molar-refractivity contribution < 1.29 is 9.32 Å². The molecule has 0 bridgehead atoms. The SMILES string of the molecule is Cc1cc(NC(=O)c2cc(Nc3ccc(Br)cc3)ncn2)no1. The average Bonchev–Trinajstić information content (AvgIpc) is 2.95. The zero-order valence-corrected chi connectivity index (χ0v) is 13.7.